The van der Waals surface area contributed by atoms with E-state index in [0.29, 0.717) is 0 Å². The Bertz CT molecular complexity index is 398. The number of rotatable bonds is 2. The van der Waals surface area contributed by atoms with Crippen molar-refractivity contribution in [1.82, 2.24) is 5.32 Å². The van der Waals surface area contributed by atoms with Crippen LogP contribution in [0.2, 0.25) is 0 Å². The Kier molecular flexibility index (Phi) is 3.43. The van der Waals surface area contributed by atoms with E-state index in [1.807, 2.05) is 0 Å². The van der Waals surface area contributed by atoms with Crippen LogP contribution in [0.15, 0.2) is 24.3 Å². The van der Waals surface area contributed by atoms with E-state index >= 15 is 0 Å². The zero-order valence-corrected chi connectivity index (χ0v) is 11.5. The minimum absolute atomic E-state index is 0.230. The molecule has 18 heavy (non-hydrogen) atoms. The van der Waals surface area contributed by atoms with Crippen molar-refractivity contribution >= 4 is 0 Å². The topological polar surface area (TPSA) is 12.0 Å². The summed E-state index contributed by atoms with van der Waals surface area (Å²) in [6.45, 7) is 3.57. The maximum Gasteiger partial charge on any atom is 0.0409 e. The highest BCUT2D eigenvalue weighted by atomic mass is 15.0. The molecule has 1 aliphatic carbocycles. The largest absolute Gasteiger partial charge is 0.308 e. The second-order valence-electron chi connectivity index (χ2n) is 6.28. The second kappa shape index (κ2) is 5.05. The fourth-order valence-corrected chi connectivity index (χ4v) is 3.89. The van der Waals surface area contributed by atoms with Crippen LogP contribution in [0.25, 0.3) is 0 Å². The molecule has 1 heteroatoms. The minimum Gasteiger partial charge on any atom is -0.308 e. The highest BCUT2D eigenvalue weighted by Crippen LogP contribution is 2.40. The smallest absolute Gasteiger partial charge is 0.0409 e. The maximum atomic E-state index is 3.73. The molecule has 0 bridgehead atoms. The summed E-state index contributed by atoms with van der Waals surface area (Å²) in [7, 11) is 0. The molecular formula is C17H25N. The molecule has 0 amide bonds. The molecular weight excluding hydrogens is 218 g/mol. The first-order valence-corrected chi connectivity index (χ1v) is 7.64. The summed E-state index contributed by atoms with van der Waals surface area (Å²) < 4.78 is 0. The summed E-state index contributed by atoms with van der Waals surface area (Å²) in [4.78, 5) is 0. The Morgan fingerprint density at radius 2 is 1.83 bits per heavy atom. The molecule has 1 heterocycles. The van der Waals surface area contributed by atoms with E-state index in [4.69, 9.17) is 0 Å². The van der Waals surface area contributed by atoms with Gasteiger partial charge in [0.05, 0.1) is 0 Å². The lowest BCUT2D eigenvalue weighted by atomic mass is 9.77. The summed E-state index contributed by atoms with van der Waals surface area (Å²) >= 11 is 0. The predicted molar refractivity (Wildman–Crippen MR) is 76.9 cm³/mol. The van der Waals surface area contributed by atoms with Gasteiger partial charge < -0.3 is 5.32 Å². The zero-order chi connectivity index (χ0) is 12.4. The Hall–Kier alpha value is -0.820. The van der Waals surface area contributed by atoms with Gasteiger partial charge in [-0.25, -0.2) is 0 Å². The van der Waals surface area contributed by atoms with Gasteiger partial charge in [-0.1, -0.05) is 43.5 Å². The van der Waals surface area contributed by atoms with Gasteiger partial charge in [0.15, 0.2) is 0 Å². The van der Waals surface area contributed by atoms with Crippen molar-refractivity contribution in [3.63, 3.8) is 0 Å². The van der Waals surface area contributed by atoms with Gasteiger partial charge in [0.25, 0.3) is 0 Å². The fraction of sp³-hybridized carbons (Fsp3) is 0.647. The van der Waals surface area contributed by atoms with Crippen molar-refractivity contribution in [2.24, 2.45) is 0 Å². The van der Waals surface area contributed by atoms with Crippen LogP contribution in [0.3, 0.4) is 0 Å². The molecule has 1 saturated carbocycles. The molecule has 1 atom stereocenters. The van der Waals surface area contributed by atoms with E-state index in [1.165, 1.54) is 51.5 Å². The molecule has 2 aliphatic rings. The Morgan fingerprint density at radius 1 is 1.06 bits per heavy atom. The summed E-state index contributed by atoms with van der Waals surface area (Å²) in [5.74, 6) is 0.814. The molecule has 0 spiro atoms. The van der Waals surface area contributed by atoms with Crippen molar-refractivity contribution in [2.75, 3.05) is 6.54 Å². The van der Waals surface area contributed by atoms with E-state index in [2.05, 4.69) is 36.5 Å². The Morgan fingerprint density at radius 3 is 2.56 bits per heavy atom. The highest BCUT2D eigenvalue weighted by molar-refractivity contribution is 5.37. The van der Waals surface area contributed by atoms with Crippen LogP contribution in [-0.2, 0) is 5.54 Å². The van der Waals surface area contributed by atoms with Gasteiger partial charge in [-0.05, 0) is 56.2 Å². The van der Waals surface area contributed by atoms with Gasteiger partial charge in [0, 0.05) is 5.54 Å². The van der Waals surface area contributed by atoms with Crippen LogP contribution >= 0.6 is 0 Å². The van der Waals surface area contributed by atoms with Crippen molar-refractivity contribution < 1.29 is 0 Å². The maximum absolute atomic E-state index is 3.73. The molecule has 1 aromatic carbocycles. The van der Waals surface area contributed by atoms with E-state index in [0.717, 1.165) is 5.92 Å². The van der Waals surface area contributed by atoms with Crippen molar-refractivity contribution in [1.29, 1.82) is 0 Å². The lowest BCUT2D eigenvalue weighted by Crippen LogP contribution is -2.34. The third-order valence-electron chi connectivity index (χ3n) is 4.97. The third kappa shape index (κ3) is 2.21. The van der Waals surface area contributed by atoms with E-state index in [9.17, 15) is 0 Å². The quantitative estimate of drug-likeness (QED) is 0.815. The van der Waals surface area contributed by atoms with Crippen LogP contribution in [0, 0.1) is 0 Å². The minimum atomic E-state index is 0.230. The molecule has 1 aliphatic heterocycles. The Balaban J connectivity index is 1.93. The predicted octanol–water partition coefficient (Wildman–Crippen LogP) is 4.33. The molecule has 1 N–H and O–H groups in total. The number of nitrogens with one attached hydrogen (secondary N) is 1. The van der Waals surface area contributed by atoms with E-state index in [-0.39, 0.29) is 5.54 Å². The Labute approximate surface area is 111 Å². The van der Waals surface area contributed by atoms with Gasteiger partial charge in [0.1, 0.15) is 0 Å². The molecule has 1 unspecified atom stereocenters. The number of hydrogen-bond acceptors (Lipinski definition) is 1. The van der Waals surface area contributed by atoms with Gasteiger partial charge in [-0.2, -0.15) is 0 Å². The van der Waals surface area contributed by atoms with Crippen molar-refractivity contribution in [3.05, 3.63) is 35.4 Å². The standard InChI is InChI=1S/C17H25N/c1-17(12-7-13-18-17)16-11-6-5-10-15(16)14-8-3-2-4-9-14/h5-6,10-11,14,18H,2-4,7-9,12-13H2,1H3. The van der Waals surface area contributed by atoms with Crippen LogP contribution in [0.5, 0.6) is 0 Å². The monoisotopic (exact) mass is 243 g/mol. The molecule has 98 valence electrons. The van der Waals surface area contributed by atoms with Crippen molar-refractivity contribution in [2.45, 2.75) is 63.3 Å². The van der Waals surface area contributed by atoms with E-state index < -0.39 is 0 Å². The first-order chi connectivity index (χ1) is 8.80. The molecule has 0 aromatic heterocycles. The van der Waals surface area contributed by atoms with Crippen LogP contribution in [0.1, 0.15) is 68.9 Å². The normalized spacial score (nSPS) is 29.6. The lowest BCUT2D eigenvalue weighted by molar-refractivity contribution is 0.404. The highest BCUT2D eigenvalue weighted by Gasteiger charge is 2.33. The molecule has 1 aromatic rings. The average Bonchev–Trinajstić information content (AvgIpc) is 2.88. The summed E-state index contributed by atoms with van der Waals surface area (Å²) in [6, 6.07) is 9.19. The summed E-state index contributed by atoms with van der Waals surface area (Å²) in [6.07, 6.45) is 9.67. The number of benzene rings is 1. The van der Waals surface area contributed by atoms with Crippen LogP contribution < -0.4 is 5.32 Å². The van der Waals surface area contributed by atoms with Gasteiger partial charge in [0.2, 0.25) is 0 Å². The summed E-state index contributed by atoms with van der Waals surface area (Å²) in [5, 5.41) is 3.73. The molecule has 2 fully saturated rings. The lowest BCUT2D eigenvalue weighted by Gasteiger charge is -2.32. The second-order valence-corrected chi connectivity index (χ2v) is 6.28. The van der Waals surface area contributed by atoms with Crippen LogP contribution in [-0.4, -0.2) is 6.54 Å². The first-order valence-electron chi connectivity index (χ1n) is 7.64. The SMILES string of the molecule is CC1(c2ccccc2C2CCCCC2)CCCN1. The third-order valence-corrected chi connectivity index (χ3v) is 4.97. The molecule has 3 rings (SSSR count). The molecule has 1 saturated heterocycles. The zero-order valence-electron chi connectivity index (χ0n) is 11.5. The van der Waals surface area contributed by atoms with Gasteiger partial charge >= 0.3 is 0 Å². The van der Waals surface area contributed by atoms with Crippen molar-refractivity contribution in [3.8, 4) is 0 Å². The average molecular weight is 243 g/mol. The number of hydrogen-bond donors (Lipinski definition) is 1. The van der Waals surface area contributed by atoms with Crippen LogP contribution in [0.4, 0.5) is 0 Å². The van der Waals surface area contributed by atoms with Gasteiger partial charge in [-0.3, -0.25) is 0 Å². The first kappa shape index (κ1) is 12.2. The summed E-state index contributed by atoms with van der Waals surface area (Å²) in [5.41, 5.74) is 3.44. The molecule has 1 nitrogen and oxygen atoms in total. The molecule has 0 radical (unpaired) electrons. The van der Waals surface area contributed by atoms with Gasteiger partial charge in [-0.15, -0.1) is 0 Å². The fourth-order valence-electron chi connectivity index (χ4n) is 3.89. The van der Waals surface area contributed by atoms with E-state index in [1.54, 1.807) is 11.1 Å².